The number of aromatic amines is 1. The number of ketones is 1. The molecule has 2 saturated heterocycles. The lowest BCUT2D eigenvalue weighted by molar-refractivity contribution is -0.119. The van der Waals surface area contributed by atoms with E-state index in [1.165, 1.54) is 0 Å². The van der Waals surface area contributed by atoms with Crippen LogP contribution in [0.4, 0.5) is 0 Å². The molecule has 2 aliphatic heterocycles. The van der Waals surface area contributed by atoms with E-state index in [9.17, 15) is 14.7 Å². The molecule has 3 heterocycles. The Kier molecular flexibility index (Phi) is 9.25. The Morgan fingerprint density at radius 2 is 1.64 bits per heavy atom. The fraction of sp³-hybridized carbons (Fsp3) is 0.364. The van der Waals surface area contributed by atoms with Crippen molar-refractivity contribution in [3.05, 3.63) is 71.2 Å². The zero-order chi connectivity index (χ0) is 30.6. The number of aliphatic hydroxyl groups excluding tert-OH is 2. The summed E-state index contributed by atoms with van der Waals surface area (Å²) < 4.78 is 17.3. The van der Waals surface area contributed by atoms with Crippen LogP contribution in [0.15, 0.2) is 60.7 Å². The van der Waals surface area contributed by atoms with E-state index < -0.39 is 6.10 Å². The minimum atomic E-state index is -0.646. The third-order valence-electron chi connectivity index (χ3n) is 8.00. The number of hydrogen-bond acceptors (Lipinski definition) is 8. The van der Waals surface area contributed by atoms with Gasteiger partial charge in [-0.1, -0.05) is 48.0 Å². The molecular formula is C33H34ClN3O7. The van der Waals surface area contributed by atoms with Crippen molar-refractivity contribution in [3.63, 3.8) is 0 Å². The lowest BCUT2D eigenvalue weighted by Gasteiger charge is -2.15. The zero-order valence-electron chi connectivity index (χ0n) is 24.0. The minimum Gasteiger partial charge on any atom is -0.456 e. The van der Waals surface area contributed by atoms with Crippen molar-refractivity contribution >= 4 is 34.3 Å². The number of hydrogen-bond donors (Lipinski definition) is 4. The van der Waals surface area contributed by atoms with E-state index in [1.807, 2.05) is 48.5 Å². The smallest absolute Gasteiger partial charge is 0.295 e. The number of carbonyl (C=O) groups is 2. The monoisotopic (exact) mass is 619 g/mol. The van der Waals surface area contributed by atoms with Gasteiger partial charge in [-0.2, -0.15) is 4.98 Å². The molecular weight excluding hydrogens is 586 g/mol. The van der Waals surface area contributed by atoms with Gasteiger partial charge in [0, 0.05) is 37.1 Å². The molecule has 0 aliphatic carbocycles. The van der Waals surface area contributed by atoms with E-state index in [2.05, 4.69) is 15.3 Å². The van der Waals surface area contributed by atoms with Gasteiger partial charge in [-0.05, 0) is 53.8 Å². The fourth-order valence-electron chi connectivity index (χ4n) is 5.62. The highest BCUT2D eigenvalue weighted by atomic mass is 35.5. The van der Waals surface area contributed by atoms with Crippen molar-refractivity contribution in [2.24, 2.45) is 0 Å². The van der Waals surface area contributed by atoms with Gasteiger partial charge in [-0.3, -0.25) is 9.59 Å². The minimum absolute atomic E-state index is 0.0131. The van der Waals surface area contributed by atoms with Gasteiger partial charge in [-0.15, -0.1) is 0 Å². The van der Waals surface area contributed by atoms with Gasteiger partial charge in [0.05, 0.1) is 29.3 Å². The SMILES string of the molecule is O=C(CCCO)CCCNC(=O)c1ccc(-c2ccc(-c3cc4nc(O[C@@H]5CO[C@H]6[C@@H]5OC[C@H]6O)[nH]c4cc3Cl)cc2)cc1. The molecule has 6 rings (SSSR count). The molecule has 0 saturated carbocycles. The Balaban J connectivity index is 1.07. The Labute approximate surface area is 259 Å². The predicted molar refractivity (Wildman–Crippen MR) is 165 cm³/mol. The van der Waals surface area contributed by atoms with E-state index in [0.717, 1.165) is 27.8 Å². The maximum absolute atomic E-state index is 12.5. The highest BCUT2D eigenvalue weighted by molar-refractivity contribution is 6.34. The summed E-state index contributed by atoms with van der Waals surface area (Å²) in [6.45, 7) is 0.978. The number of benzene rings is 3. The number of rotatable bonds is 12. The second-order valence-electron chi connectivity index (χ2n) is 11.1. The normalized spacial score (nSPS) is 21.0. The number of nitrogens with one attached hydrogen (secondary N) is 2. The molecule has 0 radical (unpaired) electrons. The first-order valence-corrected chi connectivity index (χ1v) is 15.2. The van der Waals surface area contributed by atoms with Crippen LogP contribution in [0.3, 0.4) is 0 Å². The molecule has 1 aromatic heterocycles. The highest BCUT2D eigenvalue weighted by Gasteiger charge is 2.48. The summed E-state index contributed by atoms with van der Waals surface area (Å²) in [6.07, 6.45) is 0.0927. The van der Waals surface area contributed by atoms with Gasteiger partial charge in [-0.25, -0.2) is 0 Å². The van der Waals surface area contributed by atoms with E-state index in [-0.39, 0.29) is 43.2 Å². The van der Waals surface area contributed by atoms with E-state index in [4.69, 9.17) is 30.9 Å². The van der Waals surface area contributed by atoms with Crippen LogP contribution < -0.4 is 10.1 Å². The second kappa shape index (κ2) is 13.5. The van der Waals surface area contributed by atoms with Crippen molar-refractivity contribution in [2.75, 3.05) is 26.4 Å². The first-order chi connectivity index (χ1) is 21.4. The molecule has 3 aromatic carbocycles. The number of amides is 1. The number of carbonyl (C=O) groups excluding carboxylic acids is 2. The van der Waals surface area contributed by atoms with Crippen LogP contribution in [0.25, 0.3) is 33.3 Å². The molecule has 0 bridgehead atoms. The van der Waals surface area contributed by atoms with Crippen molar-refractivity contribution in [2.45, 2.75) is 50.1 Å². The number of nitrogens with zero attached hydrogens (tertiary/aromatic N) is 1. The Bertz CT molecular complexity index is 1620. The van der Waals surface area contributed by atoms with Crippen LogP contribution in [-0.2, 0) is 14.3 Å². The van der Waals surface area contributed by atoms with Crippen molar-refractivity contribution in [3.8, 4) is 28.3 Å². The van der Waals surface area contributed by atoms with Gasteiger partial charge < -0.3 is 34.7 Å². The molecule has 1 amide bonds. The number of H-pyrrole nitrogens is 1. The fourth-order valence-corrected chi connectivity index (χ4v) is 5.89. The van der Waals surface area contributed by atoms with Crippen molar-refractivity contribution in [1.29, 1.82) is 0 Å². The van der Waals surface area contributed by atoms with Crippen LogP contribution in [0.5, 0.6) is 6.01 Å². The van der Waals surface area contributed by atoms with E-state index >= 15 is 0 Å². The number of ether oxygens (including phenoxy) is 3. The quantitative estimate of drug-likeness (QED) is 0.172. The standard InChI is InChI=1S/C33H34ClN3O7/c34-25-16-27-26(36-33(37-27)44-29-18-43-30-28(40)17-42-31(29)30)15-24(25)21-9-5-19(6-10-21)20-7-11-22(12-8-20)32(41)35-13-1-3-23(39)4-2-14-38/h5-12,15-16,28-31,38,40H,1-4,13-14,17-18H2,(H,35,41)(H,36,37)/t28-,29-,30-,31-/m1/s1. The highest BCUT2D eigenvalue weighted by Crippen LogP contribution is 2.35. The molecule has 4 aromatic rings. The van der Waals surface area contributed by atoms with Crippen LogP contribution in [0, 0.1) is 0 Å². The van der Waals surface area contributed by atoms with Crippen molar-refractivity contribution < 1.29 is 34.0 Å². The van der Waals surface area contributed by atoms with Gasteiger partial charge in [0.25, 0.3) is 11.9 Å². The molecule has 11 heteroatoms. The van der Waals surface area contributed by atoms with E-state index in [1.54, 1.807) is 12.1 Å². The number of aromatic nitrogens is 2. The molecule has 44 heavy (non-hydrogen) atoms. The zero-order valence-corrected chi connectivity index (χ0v) is 24.8. The summed E-state index contributed by atoms with van der Waals surface area (Å²) in [5, 5.41) is 22.2. The number of imidazole rings is 1. The first-order valence-electron chi connectivity index (χ1n) is 14.8. The van der Waals surface area contributed by atoms with Gasteiger partial charge in [0.2, 0.25) is 0 Å². The number of Topliss-reactive ketones (excluding diaryl/α,β-unsaturated/α-hetero) is 1. The Hall–Kier alpha value is -3.80. The van der Waals surface area contributed by atoms with E-state index in [0.29, 0.717) is 60.9 Å². The van der Waals surface area contributed by atoms with Crippen molar-refractivity contribution in [1.82, 2.24) is 15.3 Å². The van der Waals surface area contributed by atoms with Gasteiger partial charge in [0.15, 0.2) is 6.10 Å². The lowest BCUT2D eigenvalue weighted by Crippen LogP contribution is -2.34. The number of aliphatic hydroxyl groups is 2. The number of fused-ring (bicyclic) bond motifs is 2. The third-order valence-corrected chi connectivity index (χ3v) is 8.31. The Morgan fingerprint density at radius 1 is 0.955 bits per heavy atom. The largest absolute Gasteiger partial charge is 0.456 e. The van der Waals surface area contributed by atoms with Gasteiger partial charge >= 0.3 is 0 Å². The summed E-state index contributed by atoms with van der Waals surface area (Å²) in [5.41, 5.74) is 5.71. The molecule has 230 valence electrons. The maximum Gasteiger partial charge on any atom is 0.295 e. The molecule has 0 unspecified atom stereocenters. The molecule has 0 spiro atoms. The first kappa shape index (κ1) is 30.2. The number of halogens is 1. The molecule has 2 fully saturated rings. The topological polar surface area (TPSA) is 143 Å². The molecule has 4 N–H and O–H groups in total. The maximum atomic E-state index is 12.5. The lowest BCUT2D eigenvalue weighted by atomic mass is 9.99. The summed E-state index contributed by atoms with van der Waals surface area (Å²) in [7, 11) is 0. The Morgan fingerprint density at radius 3 is 2.39 bits per heavy atom. The summed E-state index contributed by atoms with van der Waals surface area (Å²) in [4.78, 5) is 32.0. The average molecular weight is 620 g/mol. The predicted octanol–water partition coefficient (Wildman–Crippen LogP) is 4.31. The summed E-state index contributed by atoms with van der Waals surface area (Å²) >= 11 is 6.67. The molecule has 4 atom stereocenters. The van der Waals surface area contributed by atoms with Gasteiger partial charge in [0.1, 0.15) is 24.1 Å². The van der Waals surface area contributed by atoms with Crippen LogP contribution >= 0.6 is 11.6 Å². The van der Waals surface area contributed by atoms with Crippen LogP contribution in [-0.4, -0.2) is 82.7 Å². The third kappa shape index (κ3) is 6.64. The molecule has 2 aliphatic rings. The van der Waals surface area contributed by atoms with Crippen LogP contribution in [0.1, 0.15) is 36.0 Å². The van der Waals surface area contributed by atoms with Crippen LogP contribution in [0.2, 0.25) is 5.02 Å². The summed E-state index contributed by atoms with van der Waals surface area (Å²) in [6, 6.07) is 19.4. The second-order valence-corrected chi connectivity index (χ2v) is 11.5. The molecule has 10 nitrogen and oxygen atoms in total. The average Bonchev–Trinajstić information content (AvgIpc) is 3.74. The summed E-state index contributed by atoms with van der Waals surface area (Å²) in [5.74, 6) is -0.0830.